The van der Waals surface area contributed by atoms with Crippen LogP contribution in [0, 0.1) is 0 Å². The first-order valence-electron chi connectivity index (χ1n) is 7.20. The normalized spacial score (nSPS) is 11.0. The Balaban J connectivity index is 2.57. The van der Waals surface area contributed by atoms with Crippen LogP contribution in [0.25, 0.3) is 11.1 Å². The maximum Gasteiger partial charge on any atom is 0.0867 e. The lowest BCUT2D eigenvalue weighted by atomic mass is 9.94. The molecule has 0 bridgehead atoms. The van der Waals surface area contributed by atoms with Crippen molar-refractivity contribution in [1.29, 1.82) is 0 Å². The second kappa shape index (κ2) is 7.01. The monoisotopic (exact) mass is 301 g/mol. The summed E-state index contributed by atoms with van der Waals surface area (Å²) < 4.78 is 5.03. The molecule has 0 aliphatic heterocycles. The van der Waals surface area contributed by atoms with Crippen LogP contribution in [0.15, 0.2) is 42.5 Å². The molecule has 3 heteroatoms. The molecule has 0 spiro atoms. The van der Waals surface area contributed by atoms with Crippen LogP contribution in [-0.4, -0.2) is 14.1 Å². The summed E-state index contributed by atoms with van der Waals surface area (Å²) in [6, 6.07) is 15.1. The van der Waals surface area contributed by atoms with Crippen LogP contribution in [0.5, 0.6) is 0 Å². The van der Waals surface area contributed by atoms with Crippen molar-refractivity contribution in [2.75, 3.05) is 19.0 Å². The highest BCUT2D eigenvalue weighted by molar-refractivity contribution is 7.75. The summed E-state index contributed by atoms with van der Waals surface area (Å²) >= 11 is 3.89. The minimum atomic E-state index is 0.497. The van der Waals surface area contributed by atoms with Gasteiger partial charge in [-0.25, -0.2) is 0 Å². The highest BCUT2D eigenvalue weighted by Gasteiger charge is 2.10. The van der Waals surface area contributed by atoms with Crippen LogP contribution in [0.4, 0.5) is 5.69 Å². The fourth-order valence-corrected chi connectivity index (χ4v) is 2.52. The maximum atomic E-state index is 5.03. The second-order valence-electron chi connectivity index (χ2n) is 5.79. The van der Waals surface area contributed by atoms with Crippen molar-refractivity contribution in [2.45, 2.75) is 26.4 Å². The van der Waals surface area contributed by atoms with Crippen molar-refractivity contribution >= 4 is 18.6 Å². The van der Waals surface area contributed by atoms with Gasteiger partial charge in [0, 0.05) is 19.8 Å². The van der Waals surface area contributed by atoms with E-state index in [1.807, 2.05) is 6.07 Å². The van der Waals surface area contributed by atoms with E-state index >= 15 is 0 Å². The van der Waals surface area contributed by atoms with Gasteiger partial charge in [-0.3, -0.25) is 0 Å². The molecule has 0 aliphatic rings. The van der Waals surface area contributed by atoms with Crippen molar-refractivity contribution in [3.05, 3.63) is 53.6 Å². The van der Waals surface area contributed by atoms with E-state index in [4.69, 9.17) is 4.18 Å². The summed E-state index contributed by atoms with van der Waals surface area (Å²) in [5.41, 5.74) is 6.15. The van der Waals surface area contributed by atoms with Gasteiger partial charge >= 0.3 is 0 Å². The molecule has 0 saturated heterocycles. The lowest BCUT2D eigenvalue weighted by molar-refractivity contribution is 0.372. The molecule has 2 nitrogen and oxygen atoms in total. The summed E-state index contributed by atoms with van der Waals surface area (Å²) in [6.45, 7) is 4.95. The molecule has 0 N–H and O–H groups in total. The molecule has 0 saturated carbocycles. The van der Waals surface area contributed by atoms with Crippen molar-refractivity contribution < 1.29 is 4.18 Å². The van der Waals surface area contributed by atoms with E-state index in [0.29, 0.717) is 12.5 Å². The molecule has 0 unspecified atom stereocenters. The van der Waals surface area contributed by atoms with Crippen LogP contribution >= 0.6 is 12.9 Å². The first-order chi connectivity index (χ1) is 10.0. The molecule has 0 aliphatic carbocycles. The number of anilines is 1. The van der Waals surface area contributed by atoms with E-state index in [1.165, 1.54) is 22.4 Å². The summed E-state index contributed by atoms with van der Waals surface area (Å²) in [5, 5.41) is 0. The minimum Gasteiger partial charge on any atom is -0.378 e. The SMILES string of the molecule is CC(C)c1cc(-c2ccccc2COS)cc(N(C)C)c1. The van der Waals surface area contributed by atoms with E-state index < -0.39 is 0 Å². The molecule has 112 valence electrons. The van der Waals surface area contributed by atoms with Crippen LogP contribution in [0.2, 0.25) is 0 Å². The molecule has 0 heterocycles. The number of nitrogens with zero attached hydrogens (tertiary/aromatic N) is 1. The number of thiol groups is 1. The third-order valence-corrected chi connectivity index (χ3v) is 3.80. The molecule has 0 atom stereocenters. The third-order valence-electron chi connectivity index (χ3n) is 3.67. The van der Waals surface area contributed by atoms with E-state index in [1.54, 1.807) is 0 Å². The first-order valence-corrected chi connectivity index (χ1v) is 7.56. The van der Waals surface area contributed by atoms with Gasteiger partial charge in [-0.15, -0.1) is 0 Å². The van der Waals surface area contributed by atoms with Gasteiger partial charge in [0.2, 0.25) is 0 Å². The topological polar surface area (TPSA) is 12.5 Å². The molecule has 0 radical (unpaired) electrons. The largest absolute Gasteiger partial charge is 0.378 e. The zero-order valence-corrected chi connectivity index (χ0v) is 14.0. The Morgan fingerprint density at radius 1 is 1.10 bits per heavy atom. The lowest BCUT2D eigenvalue weighted by Gasteiger charge is -2.19. The van der Waals surface area contributed by atoms with Gasteiger partial charge in [0.15, 0.2) is 0 Å². The average Bonchev–Trinajstić information content (AvgIpc) is 2.47. The molecule has 21 heavy (non-hydrogen) atoms. The van der Waals surface area contributed by atoms with E-state index in [0.717, 1.165) is 5.56 Å². The van der Waals surface area contributed by atoms with Gasteiger partial charge in [0.05, 0.1) is 6.61 Å². The van der Waals surface area contributed by atoms with Gasteiger partial charge in [-0.2, -0.15) is 0 Å². The molecule has 0 fully saturated rings. The van der Waals surface area contributed by atoms with Crippen LogP contribution in [0.1, 0.15) is 30.9 Å². The summed E-state index contributed by atoms with van der Waals surface area (Å²) in [5.74, 6) is 0.497. The fraction of sp³-hybridized carbons (Fsp3) is 0.333. The van der Waals surface area contributed by atoms with Gasteiger partial charge < -0.3 is 9.08 Å². The van der Waals surface area contributed by atoms with Crippen LogP contribution < -0.4 is 4.90 Å². The first kappa shape index (κ1) is 15.9. The second-order valence-corrected chi connectivity index (χ2v) is 6.05. The van der Waals surface area contributed by atoms with E-state index in [9.17, 15) is 0 Å². The Morgan fingerprint density at radius 3 is 2.43 bits per heavy atom. The Morgan fingerprint density at radius 2 is 1.81 bits per heavy atom. The maximum absolute atomic E-state index is 5.03. The van der Waals surface area contributed by atoms with E-state index in [-0.39, 0.29) is 0 Å². The smallest absolute Gasteiger partial charge is 0.0867 e. The van der Waals surface area contributed by atoms with Gasteiger partial charge in [-0.1, -0.05) is 44.2 Å². The van der Waals surface area contributed by atoms with Gasteiger partial charge in [0.25, 0.3) is 0 Å². The number of benzene rings is 2. The summed E-state index contributed by atoms with van der Waals surface area (Å²) in [6.07, 6.45) is 0. The van der Waals surface area contributed by atoms with Gasteiger partial charge in [-0.05, 0) is 53.2 Å². The zero-order chi connectivity index (χ0) is 15.4. The molecular weight excluding hydrogens is 278 g/mol. The average molecular weight is 301 g/mol. The summed E-state index contributed by atoms with van der Waals surface area (Å²) in [4.78, 5) is 2.15. The molecule has 2 rings (SSSR count). The Hall–Kier alpha value is -1.45. The van der Waals surface area contributed by atoms with Crippen LogP contribution in [0.3, 0.4) is 0 Å². The van der Waals surface area contributed by atoms with Crippen LogP contribution in [-0.2, 0) is 10.8 Å². The predicted molar refractivity (Wildman–Crippen MR) is 94.1 cm³/mol. The minimum absolute atomic E-state index is 0.497. The third kappa shape index (κ3) is 3.80. The molecule has 2 aromatic carbocycles. The Labute approximate surface area is 133 Å². The Bertz CT molecular complexity index is 582. The Kier molecular flexibility index (Phi) is 5.32. The summed E-state index contributed by atoms with van der Waals surface area (Å²) in [7, 11) is 4.15. The quantitative estimate of drug-likeness (QED) is 0.622. The highest BCUT2D eigenvalue weighted by Crippen LogP contribution is 2.31. The zero-order valence-electron chi connectivity index (χ0n) is 13.1. The standard InChI is InChI=1S/C18H23NOS/c1-13(2)15-9-16(11-17(10-15)19(3)4)18-8-6-5-7-14(18)12-20-21/h5-11,13,21H,12H2,1-4H3. The number of hydrogen-bond donors (Lipinski definition) is 1. The van der Waals surface area contributed by atoms with Crippen molar-refractivity contribution in [3.63, 3.8) is 0 Å². The molecular formula is C18H23NOS. The number of hydrogen-bond acceptors (Lipinski definition) is 3. The van der Waals surface area contributed by atoms with E-state index in [2.05, 4.69) is 82.2 Å². The van der Waals surface area contributed by atoms with Crippen molar-refractivity contribution in [2.24, 2.45) is 0 Å². The lowest BCUT2D eigenvalue weighted by Crippen LogP contribution is -2.09. The molecule has 2 aromatic rings. The predicted octanol–water partition coefficient (Wildman–Crippen LogP) is 4.90. The van der Waals surface area contributed by atoms with Crippen molar-refractivity contribution in [1.82, 2.24) is 0 Å². The molecule has 0 amide bonds. The molecule has 0 aromatic heterocycles. The fourth-order valence-electron chi connectivity index (χ4n) is 2.38. The van der Waals surface area contributed by atoms with Crippen molar-refractivity contribution in [3.8, 4) is 11.1 Å². The highest BCUT2D eigenvalue weighted by atomic mass is 32.1. The van der Waals surface area contributed by atoms with Gasteiger partial charge in [0.1, 0.15) is 0 Å². The number of rotatable bonds is 5.